The standard InChI is InChI=1S/C18H22FNO7S/c1-26-16-6-4-14(19)10-13(16)9-12-3-5-15(21)11-20(18(12)23)28(24,25)8-7-17(22)27-2/h4,6,10,12H,3,5,7-9,11H2,1-2H3. The number of esters is 1. The minimum absolute atomic E-state index is 0.0239. The largest absolute Gasteiger partial charge is 0.496 e. The molecule has 1 atom stereocenters. The lowest BCUT2D eigenvalue weighted by Crippen LogP contribution is -2.43. The first-order valence-electron chi connectivity index (χ1n) is 8.63. The number of carbonyl (C=O) groups is 3. The Bertz CT molecular complexity index is 869. The number of rotatable bonds is 7. The van der Waals surface area contributed by atoms with Crippen LogP contribution in [0.5, 0.6) is 5.75 Å². The number of amides is 1. The van der Waals surface area contributed by atoms with Gasteiger partial charge in [0.05, 0.1) is 32.9 Å². The highest BCUT2D eigenvalue weighted by Crippen LogP contribution is 2.28. The Morgan fingerprint density at radius 2 is 2.00 bits per heavy atom. The van der Waals surface area contributed by atoms with Gasteiger partial charge in [0.2, 0.25) is 15.9 Å². The molecule has 1 aromatic rings. The van der Waals surface area contributed by atoms with Gasteiger partial charge >= 0.3 is 5.97 Å². The Labute approximate surface area is 162 Å². The minimum atomic E-state index is -4.19. The van der Waals surface area contributed by atoms with Crippen LogP contribution in [0.15, 0.2) is 18.2 Å². The molecule has 0 saturated carbocycles. The van der Waals surface area contributed by atoms with Crippen LogP contribution in [0.3, 0.4) is 0 Å². The van der Waals surface area contributed by atoms with E-state index in [1.165, 1.54) is 25.3 Å². The number of sulfonamides is 1. The summed E-state index contributed by atoms with van der Waals surface area (Å²) in [7, 11) is -1.66. The van der Waals surface area contributed by atoms with Crippen LogP contribution >= 0.6 is 0 Å². The van der Waals surface area contributed by atoms with E-state index in [1.807, 2.05) is 0 Å². The molecule has 10 heteroatoms. The van der Waals surface area contributed by atoms with Crippen molar-refractivity contribution in [2.75, 3.05) is 26.5 Å². The first-order chi connectivity index (χ1) is 13.2. The van der Waals surface area contributed by atoms with E-state index < -0.39 is 58.1 Å². The van der Waals surface area contributed by atoms with E-state index >= 15 is 0 Å². The fraction of sp³-hybridized carbons (Fsp3) is 0.500. The van der Waals surface area contributed by atoms with E-state index in [1.54, 1.807) is 0 Å². The number of hydrogen-bond acceptors (Lipinski definition) is 7. The predicted molar refractivity (Wildman–Crippen MR) is 96.5 cm³/mol. The van der Waals surface area contributed by atoms with E-state index in [-0.39, 0.29) is 19.3 Å². The molecular formula is C18H22FNO7S. The van der Waals surface area contributed by atoms with E-state index in [2.05, 4.69) is 4.74 Å². The molecule has 1 aliphatic heterocycles. The van der Waals surface area contributed by atoms with Gasteiger partial charge in [-0.25, -0.2) is 17.1 Å². The zero-order chi connectivity index (χ0) is 20.9. The van der Waals surface area contributed by atoms with Crippen molar-refractivity contribution < 1.29 is 36.7 Å². The summed E-state index contributed by atoms with van der Waals surface area (Å²) < 4.78 is 48.8. The monoisotopic (exact) mass is 415 g/mol. The van der Waals surface area contributed by atoms with Crippen molar-refractivity contribution in [1.29, 1.82) is 0 Å². The normalized spacial score (nSPS) is 18.0. The Balaban J connectivity index is 2.27. The third-order valence-electron chi connectivity index (χ3n) is 4.52. The third-order valence-corrected chi connectivity index (χ3v) is 6.22. The molecule has 1 unspecified atom stereocenters. The van der Waals surface area contributed by atoms with E-state index in [9.17, 15) is 27.2 Å². The van der Waals surface area contributed by atoms with Crippen LogP contribution in [0.1, 0.15) is 24.8 Å². The maximum Gasteiger partial charge on any atom is 0.306 e. The van der Waals surface area contributed by atoms with Gasteiger partial charge in [0.1, 0.15) is 11.6 Å². The summed E-state index contributed by atoms with van der Waals surface area (Å²) in [5.74, 6) is -3.52. The van der Waals surface area contributed by atoms with Crippen LogP contribution < -0.4 is 4.74 Å². The van der Waals surface area contributed by atoms with E-state index in [0.717, 1.165) is 7.11 Å². The molecule has 154 valence electrons. The van der Waals surface area contributed by atoms with E-state index in [0.29, 0.717) is 15.6 Å². The summed E-state index contributed by atoms with van der Waals surface area (Å²) in [6.07, 6.45) is -0.243. The molecule has 1 aliphatic rings. The van der Waals surface area contributed by atoms with Gasteiger partial charge in [-0.05, 0) is 36.6 Å². The highest BCUT2D eigenvalue weighted by atomic mass is 32.2. The Hall–Kier alpha value is -2.49. The summed E-state index contributed by atoms with van der Waals surface area (Å²) in [5, 5.41) is 0. The smallest absolute Gasteiger partial charge is 0.306 e. The number of methoxy groups -OCH3 is 2. The molecule has 0 aromatic heterocycles. The molecule has 1 amide bonds. The van der Waals surface area contributed by atoms with Gasteiger partial charge in [-0.1, -0.05) is 0 Å². The topological polar surface area (TPSA) is 107 Å². The number of carbonyl (C=O) groups excluding carboxylic acids is 3. The fourth-order valence-corrected chi connectivity index (χ4v) is 4.41. The molecule has 1 heterocycles. The summed E-state index contributed by atoms with van der Waals surface area (Å²) >= 11 is 0. The molecule has 0 aliphatic carbocycles. The fourth-order valence-electron chi connectivity index (χ4n) is 3.00. The van der Waals surface area contributed by atoms with Gasteiger partial charge < -0.3 is 9.47 Å². The lowest BCUT2D eigenvalue weighted by molar-refractivity contribution is -0.140. The zero-order valence-corrected chi connectivity index (χ0v) is 16.5. The number of nitrogens with zero attached hydrogens (tertiary/aromatic N) is 1. The lowest BCUT2D eigenvalue weighted by Gasteiger charge is -2.23. The van der Waals surface area contributed by atoms with Gasteiger partial charge in [-0.15, -0.1) is 0 Å². The van der Waals surface area contributed by atoms with Crippen molar-refractivity contribution in [3.05, 3.63) is 29.6 Å². The Morgan fingerprint density at radius 1 is 1.29 bits per heavy atom. The zero-order valence-electron chi connectivity index (χ0n) is 15.6. The Kier molecular flexibility index (Phi) is 7.11. The lowest BCUT2D eigenvalue weighted by atomic mass is 9.93. The van der Waals surface area contributed by atoms with Gasteiger partial charge in [0, 0.05) is 12.3 Å². The van der Waals surface area contributed by atoms with Crippen molar-refractivity contribution in [1.82, 2.24) is 4.31 Å². The van der Waals surface area contributed by atoms with Crippen LogP contribution in [-0.2, 0) is 35.6 Å². The molecule has 0 spiro atoms. The highest BCUT2D eigenvalue weighted by Gasteiger charge is 2.37. The molecule has 1 fully saturated rings. The minimum Gasteiger partial charge on any atom is -0.496 e. The van der Waals surface area contributed by atoms with Crippen LogP contribution in [-0.4, -0.2) is 56.9 Å². The molecule has 1 aromatic carbocycles. The van der Waals surface area contributed by atoms with Crippen molar-refractivity contribution >= 4 is 27.7 Å². The first kappa shape index (κ1) is 21.8. The molecule has 1 saturated heterocycles. The van der Waals surface area contributed by atoms with Crippen LogP contribution in [0, 0.1) is 11.7 Å². The highest BCUT2D eigenvalue weighted by molar-refractivity contribution is 7.89. The molecule has 8 nitrogen and oxygen atoms in total. The number of ether oxygens (including phenoxy) is 2. The molecular weight excluding hydrogens is 393 g/mol. The van der Waals surface area contributed by atoms with Gasteiger partial charge in [0.15, 0.2) is 5.78 Å². The van der Waals surface area contributed by atoms with Gasteiger partial charge in [0.25, 0.3) is 0 Å². The van der Waals surface area contributed by atoms with Gasteiger partial charge in [-0.2, -0.15) is 0 Å². The average molecular weight is 415 g/mol. The third kappa shape index (κ3) is 5.28. The molecule has 0 radical (unpaired) electrons. The van der Waals surface area contributed by atoms with Gasteiger partial charge in [-0.3, -0.25) is 14.4 Å². The number of benzene rings is 1. The second-order valence-corrected chi connectivity index (χ2v) is 8.43. The predicted octanol–water partition coefficient (Wildman–Crippen LogP) is 1.08. The molecule has 2 rings (SSSR count). The number of ketones is 1. The van der Waals surface area contributed by atoms with E-state index in [4.69, 9.17) is 4.74 Å². The summed E-state index contributed by atoms with van der Waals surface area (Å²) in [5.41, 5.74) is 0.405. The number of Topliss-reactive ketones (excluding diaryl/α,β-unsaturated/α-hetero) is 1. The van der Waals surface area contributed by atoms with Crippen LogP contribution in [0.25, 0.3) is 0 Å². The molecule has 0 bridgehead atoms. The Morgan fingerprint density at radius 3 is 2.64 bits per heavy atom. The van der Waals surface area contributed by atoms with Crippen LogP contribution in [0.4, 0.5) is 4.39 Å². The summed E-state index contributed by atoms with van der Waals surface area (Å²) in [4.78, 5) is 36.2. The number of hydrogen-bond donors (Lipinski definition) is 0. The van der Waals surface area contributed by atoms with Crippen molar-refractivity contribution in [2.45, 2.75) is 25.7 Å². The maximum absolute atomic E-state index is 13.6. The SMILES string of the molecule is COC(=O)CCS(=O)(=O)N1CC(=O)CCC(Cc2cc(F)ccc2OC)C1=O. The second kappa shape index (κ2) is 9.13. The summed E-state index contributed by atoms with van der Waals surface area (Å²) in [6.45, 7) is -0.570. The molecule has 28 heavy (non-hydrogen) atoms. The summed E-state index contributed by atoms with van der Waals surface area (Å²) in [6, 6.07) is 3.85. The second-order valence-electron chi connectivity index (χ2n) is 6.42. The van der Waals surface area contributed by atoms with Crippen molar-refractivity contribution in [2.24, 2.45) is 5.92 Å². The number of halogens is 1. The maximum atomic E-state index is 13.6. The van der Waals surface area contributed by atoms with Crippen molar-refractivity contribution in [3.63, 3.8) is 0 Å². The molecule has 0 N–H and O–H groups in total. The van der Waals surface area contributed by atoms with Crippen molar-refractivity contribution in [3.8, 4) is 5.75 Å². The van der Waals surface area contributed by atoms with Crippen LogP contribution in [0.2, 0.25) is 0 Å². The quantitative estimate of drug-likeness (QED) is 0.613. The average Bonchev–Trinajstić information content (AvgIpc) is 2.80. The first-order valence-corrected chi connectivity index (χ1v) is 10.2.